The van der Waals surface area contributed by atoms with Crippen molar-refractivity contribution in [3.8, 4) is 0 Å². The molecule has 2 unspecified atom stereocenters. The molecule has 3 heterocycles. The lowest BCUT2D eigenvalue weighted by molar-refractivity contribution is 0.0299. The molecule has 0 aliphatic carbocycles. The normalized spacial score (nSPS) is 29.5. The molecule has 2 atom stereocenters. The summed E-state index contributed by atoms with van der Waals surface area (Å²) >= 11 is 5.75. The Morgan fingerprint density at radius 1 is 1.20 bits per heavy atom. The summed E-state index contributed by atoms with van der Waals surface area (Å²) in [4.78, 5) is 10.6. The van der Waals surface area contributed by atoms with Crippen LogP contribution in [-0.2, 0) is 4.74 Å². The third-order valence-electron chi connectivity index (χ3n) is 2.93. The van der Waals surface area contributed by atoms with E-state index in [0.717, 1.165) is 31.9 Å². The molecule has 2 aliphatic rings. The first-order valence-corrected chi connectivity index (χ1v) is 5.57. The first-order valence-electron chi connectivity index (χ1n) is 5.19. The number of ether oxygens (including phenoxy) is 1. The van der Waals surface area contributed by atoms with Crippen LogP contribution in [0.5, 0.6) is 0 Å². The van der Waals surface area contributed by atoms with Crippen molar-refractivity contribution in [1.29, 1.82) is 0 Å². The molecule has 2 aliphatic heterocycles. The zero-order valence-corrected chi connectivity index (χ0v) is 9.02. The highest BCUT2D eigenvalue weighted by Crippen LogP contribution is 2.28. The molecule has 2 fully saturated rings. The summed E-state index contributed by atoms with van der Waals surface area (Å²) < 4.78 is 5.75. The van der Waals surface area contributed by atoms with Gasteiger partial charge in [0.1, 0.15) is 0 Å². The lowest BCUT2D eigenvalue weighted by Gasteiger charge is -2.31. The molecule has 0 N–H and O–H groups in total. The van der Waals surface area contributed by atoms with Crippen LogP contribution in [0, 0.1) is 0 Å². The Morgan fingerprint density at radius 3 is 2.40 bits per heavy atom. The fraction of sp³-hybridized carbons (Fsp3) is 0.600. The van der Waals surface area contributed by atoms with E-state index in [9.17, 15) is 0 Å². The van der Waals surface area contributed by atoms with E-state index in [-0.39, 0.29) is 0 Å². The highest BCUT2D eigenvalue weighted by atomic mass is 35.5. The van der Waals surface area contributed by atoms with Crippen LogP contribution < -0.4 is 4.90 Å². The van der Waals surface area contributed by atoms with Crippen LogP contribution in [0.15, 0.2) is 12.4 Å². The molecular weight excluding hydrogens is 214 g/mol. The average molecular weight is 226 g/mol. The van der Waals surface area contributed by atoms with Gasteiger partial charge in [-0.05, 0) is 12.8 Å². The molecule has 2 saturated heterocycles. The van der Waals surface area contributed by atoms with Crippen LogP contribution in [0.1, 0.15) is 12.8 Å². The first-order chi connectivity index (χ1) is 7.31. The summed E-state index contributed by atoms with van der Waals surface area (Å²) in [6, 6.07) is 0. The number of fused-ring (bicyclic) bond motifs is 2. The summed E-state index contributed by atoms with van der Waals surface area (Å²) in [5.41, 5.74) is 0. The Kier molecular flexibility index (Phi) is 2.25. The SMILES string of the molecule is Clc1cnc(N2CC3CCC(C2)O3)nc1. The second kappa shape index (κ2) is 3.61. The van der Waals surface area contributed by atoms with E-state index in [1.165, 1.54) is 0 Å². The third-order valence-corrected chi connectivity index (χ3v) is 3.13. The lowest BCUT2D eigenvalue weighted by Crippen LogP contribution is -2.43. The number of morpholine rings is 1. The number of rotatable bonds is 1. The second-order valence-electron chi connectivity index (χ2n) is 4.06. The Morgan fingerprint density at radius 2 is 1.80 bits per heavy atom. The van der Waals surface area contributed by atoms with Crippen molar-refractivity contribution in [2.75, 3.05) is 18.0 Å². The number of hydrogen-bond donors (Lipinski definition) is 0. The molecule has 15 heavy (non-hydrogen) atoms. The van der Waals surface area contributed by atoms with Gasteiger partial charge in [0.25, 0.3) is 0 Å². The van der Waals surface area contributed by atoms with Crippen LogP contribution in [0.4, 0.5) is 5.95 Å². The maximum atomic E-state index is 5.75. The Labute approximate surface area is 93.2 Å². The van der Waals surface area contributed by atoms with E-state index < -0.39 is 0 Å². The van der Waals surface area contributed by atoms with E-state index in [0.29, 0.717) is 17.2 Å². The van der Waals surface area contributed by atoms with Crippen LogP contribution in [0.3, 0.4) is 0 Å². The molecule has 1 aromatic heterocycles. The lowest BCUT2D eigenvalue weighted by atomic mass is 10.2. The molecule has 5 heteroatoms. The van der Waals surface area contributed by atoms with Crippen LogP contribution in [0.2, 0.25) is 5.02 Å². The molecule has 2 bridgehead atoms. The van der Waals surface area contributed by atoms with Gasteiger partial charge in [-0.2, -0.15) is 0 Å². The molecule has 80 valence electrons. The highest BCUT2D eigenvalue weighted by Gasteiger charge is 2.34. The highest BCUT2D eigenvalue weighted by molar-refractivity contribution is 6.30. The number of aromatic nitrogens is 2. The van der Waals surface area contributed by atoms with E-state index in [4.69, 9.17) is 16.3 Å². The van der Waals surface area contributed by atoms with Crippen LogP contribution in [-0.4, -0.2) is 35.3 Å². The first kappa shape index (κ1) is 9.36. The third kappa shape index (κ3) is 1.79. The summed E-state index contributed by atoms with van der Waals surface area (Å²) in [5.74, 6) is 0.764. The van der Waals surface area contributed by atoms with Gasteiger partial charge in [-0.15, -0.1) is 0 Å². The molecular formula is C10H12ClN3O. The van der Waals surface area contributed by atoms with Crippen molar-refractivity contribution in [3.05, 3.63) is 17.4 Å². The van der Waals surface area contributed by atoms with Gasteiger partial charge >= 0.3 is 0 Å². The van der Waals surface area contributed by atoms with E-state index in [1.54, 1.807) is 12.4 Å². The summed E-state index contributed by atoms with van der Waals surface area (Å²) in [7, 11) is 0. The van der Waals surface area contributed by atoms with Gasteiger partial charge in [0.2, 0.25) is 5.95 Å². The maximum Gasteiger partial charge on any atom is 0.225 e. The smallest absolute Gasteiger partial charge is 0.225 e. The molecule has 0 amide bonds. The predicted octanol–water partition coefficient (Wildman–Crippen LogP) is 1.50. The van der Waals surface area contributed by atoms with Crippen LogP contribution >= 0.6 is 11.6 Å². The summed E-state index contributed by atoms with van der Waals surface area (Å²) in [6.07, 6.45) is 6.33. The van der Waals surface area contributed by atoms with Crippen molar-refractivity contribution in [3.63, 3.8) is 0 Å². The maximum absolute atomic E-state index is 5.75. The Bertz CT molecular complexity index is 344. The molecule has 4 nitrogen and oxygen atoms in total. The topological polar surface area (TPSA) is 38.2 Å². The van der Waals surface area contributed by atoms with Gasteiger partial charge in [0.15, 0.2) is 0 Å². The molecule has 0 aromatic carbocycles. The Hall–Kier alpha value is -0.870. The van der Waals surface area contributed by atoms with Gasteiger partial charge in [-0.25, -0.2) is 9.97 Å². The van der Waals surface area contributed by atoms with Crippen molar-refractivity contribution >= 4 is 17.5 Å². The second-order valence-corrected chi connectivity index (χ2v) is 4.50. The monoisotopic (exact) mass is 225 g/mol. The quantitative estimate of drug-likeness (QED) is 0.726. The minimum atomic E-state index is 0.364. The van der Waals surface area contributed by atoms with E-state index >= 15 is 0 Å². The minimum Gasteiger partial charge on any atom is -0.371 e. The molecule has 1 aromatic rings. The molecule has 0 radical (unpaired) electrons. The van der Waals surface area contributed by atoms with Crippen molar-refractivity contribution in [2.24, 2.45) is 0 Å². The zero-order valence-electron chi connectivity index (χ0n) is 8.27. The minimum absolute atomic E-state index is 0.364. The van der Waals surface area contributed by atoms with Gasteiger partial charge in [0.05, 0.1) is 29.6 Å². The van der Waals surface area contributed by atoms with Crippen LogP contribution in [0.25, 0.3) is 0 Å². The van der Waals surface area contributed by atoms with E-state index in [1.807, 2.05) is 0 Å². The largest absolute Gasteiger partial charge is 0.371 e. The standard InChI is InChI=1S/C10H12ClN3O/c11-7-3-12-10(13-4-7)14-5-8-1-2-9(6-14)15-8/h3-4,8-9H,1-2,5-6H2. The number of nitrogens with zero attached hydrogens (tertiary/aromatic N) is 3. The van der Waals surface area contributed by atoms with Gasteiger partial charge in [-0.3, -0.25) is 0 Å². The summed E-state index contributed by atoms with van der Waals surface area (Å²) in [6.45, 7) is 1.80. The average Bonchev–Trinajstić information content (AvgIpc) is 2.59. The predicted molar refractivity (Wildman–Crippen MR) is 57.2 cm³/mol. The van der Waals surface area contributed by atoms with Gasteiger partial charge in [-0.1, -0.05) is 11.6 Å². The number of halogens is 1. The van der Waals surface area contributed by atoms with Gasteiger partial charge in [0, 0.05) is 13.1 Å². The molecule has 3 rings (SSSR count). The number of anilines is 1. The van der Waals surface area contributed by atoms with Crippen molar-refractivity contribution in [2.45, 2.75) is 25.0 Å². The van der Waals surface area contributed by atoms with E-state index in [2.05, 4.69) is 14.9 Å². The molecule has 0 spiro atoms. The fourth-order valence-electron chi connectivity index (χ4n) is 2.25. The van der Waals surface area contributed by atoms with Crippen molar-refractivity contribution in [1.82, 2.24) is 9.97 Å². The van der Waals surface area contributed by atoms with Crippen molar-refractivity contribution < 1.29 is 4.74 Å². The fourth-order valence-corrected chi connectivity index (χ4v) is 2.34. The van der Waals surface area contributed by atoms with Gasteiger partial charge < -0.3 is 9.64 Å². The number of hydrogen-bond acceptors (Lipinski definition) is 4. The molecule has 0 saturated carbocycles. The Balaban J connectivity index is 1.80. The summed E-state index contributed by atoms with van der Waals surface area (Å²) in [5, 5.41) is 0.579. The zero-order chi connectivity index (χ0) is 10.3.